The first-order chi connectivity index (χ1) is 9.19. The number of rotatable bonds is 6. The first kappa shape index (κ1) is 14.5. The molecule has 0 saturated carbocycles. The lowest BCUT2D eigenvalue weighted by molar-refractivity contribution is -0.0897. The normalized spacial score (nSPS) is 25.4. The van der Waals surface area contributed by atoms with Gasteiger partial charge in [0.2, 0.25) is 0 Å². The molecule has 0 spiro atoms. The lowest BCUT2D eigenvalue weighted by Gasteiger charge is -2.40. The molecule has 0 aliphatic carbocycles. The Labute approximate surface area is 116 Å². The predicted octanol–water partition coefficient (Wildman–Crippen LogP) is 2.90. The topological polar surface area (TPSA) is 39.1 Å². The van der Waals surface area contributed by atoms with Gasteiger partial charge in [0.15, 0.2) is 0 Å². The Morgan fingerprint density at radius 2 is 2.32 bits per heavy atom. The number of ether oxygens (including phenoxy) is 1. The maximum absolute atomic E-state index is 6.12. The van der Waals surface area contributed by atoms with Gasteiger partial charge in [-0.1, -0.05) is 6.92 Å². The van der Waals surface area contributed by atoms with Crippen LogP contribution in [0.25, 0.3) is 0 Å². The van der Waals surface area contributed by atoms with E-state index in [0.717, 1.165) is 32.5 Å². The maximum atomic E-state index is 6.12. The van der Waals surface area contributed by atoms with E-state index in [1.807, 2.05) is 10.9 Å². The van der Waals surface area contributed by atoms with Crippen molar-refractivity contribution in [1.82, 2.24) is 15.1 Å². The summed E-state index contributed by atoms with van der Waals surface area (Å²) in [6.45, 7) is 9.36. The van der Waals surface area contributed by atoms with Crippen molar-refractivity contribution in [2.75, 3.05) is 13.2 Å². The highest BCUT2D eigenvalue weighted by Crippen LogP contribution is 2.36. The zero-order chi connectivity index (χ0) is 13.7. The van der Waals surface area contributed by atoms with E-state index in [2.05, 4.69) is 37.4 Å². The second kappa shape index (κ2) is 6.53. The third-order valence-electron chi connectivity index (χ3n) is 4.02. The summed E-state index contributed by atoms with van der Waals surface area (Å²) >= 11 is 0. The molecule has 19 heavy (non-hydrogen) atoms. The fourth-order valence-corrected chi connectivity index (χ4v) is 2.86. The minimum absolute atomic E-state index is 0.102. The molecule has 1 N–H and O–H groups in total. The SMILES string of the molecule is CCCNC(c1cnn(CC)c1)C1(C)CCCCO1. The van der Waals surface area contributed by atoms with Crippen molar-refractivity contribution >= 4 is 0 Å². The second-order valence-electron chi connectivity index (χ2n) is 5.63. The quantitative estimate of drug-likeness (QED) is 0.859. The highest BCUT2D eigenvalue weighted by molar-refractivity contribution is 5.16. The minimum Gasteiger partial charge on any atom is -0.373 e. The van der Waals surface area contributed by atoms with Crippen molar-refractivity contribution in [3.63, 3.8) is 0 Å². The van der Waals surface area contributed by atoms with Crippen LogP contribution in [0.15, 0.2) is 12.4 Å². The molecule has 1 aromatic heterocycles. The predicted molar refractivity (Wildman–Crippen MR) is 77.1 cm³/mol. The molecule has 1 saturated heterocycles. The Bertz CT molecular complexity index is 382. The van der Waals surface area contributed by atoms with Crippen LogP contribution >= 0.6 is 0 Å². The number of aryl methyl sites for hydroxylation is 1. The van der Waals surface area contributed by atoms with Crippen LogP contribution in [-0.4, -0.2) is 28.5 Å². The first-order valence-electron chi connectivity index (χ1n) is 7.59. The van der Waals surface area contributed by atoms with E-state index >= 15 is 0 Å². The Hall–Kier alpha value is -0.870. The third kappa shape index (κ3) is 3.37. The monoisotopic (exact) mass is 265 g/mol. The zero-order valence-electron chi connectivity index (χ0n) is 12.5. The van der Waals surface area contributed by atoms with E-state index in [1.54, 1.807) is 0 Å². The Kier molecular flexibility index (Phi) is 4.99. The number of nitrogens with one attached hydrogen (secondary N) is 1. The Balaban J connectivity index is 2.18. The second-order valence-corrected chi connectivity index (χ2v) is 5.63. The van der Waals surface area contributed by atoms with E-state index in [-0.39, 0.29) is 11.6 Å². The van der Waals surface area contributed by atoms with E-state index < -0.39 is 0 Å². The van der Waals surface area contributed by atoms with Gasteiger partial charge in [-0.2, -0.15) is 5.10 Å². The van der Waals surface area contributed by atoms with Crippen molar-refractivity contribution in [3.8, 4) is 0 Å². The standard InChI is InChI=1S/C15H27N3O/c1-4-9-16-14(13-11-17-18(5-2)12-13)15(3)8-6-7-10-19-15/h11-12,14,16H,4-10H2,1-3H3. The van der Waals surface area contributed by atoms with Crippen molar-refractivity contribution in [2.24, 2.45) is 0 Å². The zero-order valence-corrected chi connectivity index (χ0v) is 12.5. The number of aromatic nitrogens is 2. The molecular formula is C15H27N3O. The molecule has 0 radical (unpaired) electrons. The van der Waals surface area contributed by atoms with Crippen LogP contribution in [0.2, 0.25) is 0 Å². The molecule has 1 fully saturated rings. The summed E-state index contributed by atoms with van der Waals surface area (Å²) in [5, 5.41) is 8.07. The van der Waals surface area contributed by atoms with E-state index in [4.69, 9.17) is 4.74 Å². The highest BCUT2D eigenvalue weighted by Gasteiger charge is 2.38. The average Bonchev–Trinajstić information content (AvgIpc) is 2.88. The number of hydrogen-bond donors (Lipinski definition) is 1. The van der Waals surface area contributed by atoms with Gasteiger partial charge < -0.3 is 10.1 Å². The summed E-state index contributed by atoms with van der Waals surface area (Å²) in [5.41, 5.74) is 1.15. The molecule has 2 heterocycles. The van der Waals surface area contributed by atoms with Gasteiger partial charge in [-0.15, -0.1) is 0 Å². The number of hydrogen-bond acceptors (Lipinski definition) is 3. The van der Waals surface area contributed by atoms with E-state index in [1.165, 1.54) is 18.4 Å². The Morgan fingerprint density at radius 3 is 2.89 bits per heavy atom. The van der Waals surface area contributed by atoms with Crippen LogP contribution in [0.5, 0.6) is 0 Å². The van der Waals surface area contributed by atoms with Crippen molar-refractivity contribution in [2.45, 2.75) is 64.6 Å². The fraction of sp³-hybridized carbons (Fsp3) is 0.800. The first-order valence-corrected chi connectivity index (χ1v) is 7.59. The minimum atomic E-state index is -0.102. The van der Waals surface area contributed by atoms with Crippen LogP contribution < -0.4 is 5.32 Å². The summed E-state index contributed by atoms with van der Waals surface area (Å²) in [6.07, 6.45) is 8.82. The highest BCUT2D eigenvalue weighted by atomic mass is 16.5. The molecule has 108 valence electrons. The smallest absolute Gasteiger partial charge is 0.0849 e. The van der Waals surface area contributed by atoms with Gasteiger partial charge in [0.1, 0.15) is 0 Å². The molecule has 2 rings (SSSR count). The summed E-state index contributed by atoms with van der Waals surface area (Å²) in [4.78, 5) is 0. The molecule has 4 heteroatoms. The average molecular weight is 265 g/mol. The lowest BCUT2D eigenvalue weighted by atomic mass is 9.85. The molecular weight excluding hydrogens is 238 g/mol. The van der Waals surface area contributed by atoms with Crippen molar-refractivity contribution in [1.29, 1.82) is 0 Å². The van der Waals surface area contributed by atoms with E-state index in [0.29, 0.717) is 0 Å². The fourth-order valence-electron chi connectivity index (χ4n) is 2.86. The maximum Gasteiger partial charge on any atom is 0.0849 e. The van der Waals surface area contributed by atoms with Crippen molar-refractivity contribution < 1.29 is 4.74 Å². The molecule has 0 bridgehead atoms. The van der Waals surface area contributed by atoms with E-state index in [9.17, 15) is 0 Å². The van der Waals surface area contributed by atoms with Gasteiger partial charge in [0, 0.05) is 24.9 Å². The molecule has 0 aromatic carbocycles. The van der Waals surface area contributed by atoms with Gasteiger partial charge in [-0.25, -0.2) is 0 Å². The van der Waals surface area contributed by atoms with Crippen molar-refractivity contribution in [3.05, 3.63) is 18.0 Å². The molecule has 1 aliphatic heterocycles. The number of nitrogens with zero attached hydrogens (tertiary/aromatic N) is 2. The van der Waals surface area contributed by atoms with Crippen LogP contribution in [0.3, 0.4) is 0 Å². The van der Waals surface area contributed by atoms with Gasteiger partial charge >= 0.3 is 0 Å². The molecule has 1 aliphatic rings. The molecule has 2 atom stereocenters. The van der Waals surface area contributed by atoms with Crippen LogP contribution in [0.4, 0.5) is 0 Å². The summed E-state index contributed by atoms with van der Waals surface area (Å²) in [5.74, 6) is 0. The van der Waals surface area contributed by atoms with Gasteiger partial charge in [0.05, 0.1) is 17.8 Å². The third-order valence-corrected chi connectivity index (χ3v) is 4.02. The molecule has 0 amide bonds. The summed E-state index contributed by atoms with van der Waals surface area (Å²) in [7, 11) is 0. The largest absolute Gasteiger partial charge is 0.373 e. The van der Waals surface area contributed by atoms with Crippen LogP contribution in [-0.2, 0) is 11.3 Å². The van der Waals surface area contributed by atoms with Gasteiger partial charge in [0.25, 0.3) is 0 Å². The summed E-state index contributed by atoms with van der Waals surface area (Å²) in [6, 6.07) is 0.244. The van der Waals surface area contributed by atoms with Gasteiger partial charge in [-0.05, 0) is 46.1 Å². The van der Waals surface area contributed by atoms with Crippen LogP contribution in [0.1, 0.15) is 58.1 Å². The molecule has 2 unspecified atom stereocenters. The molecule has 1 aromatic rings. The summed E-state index contributed by atoms with van der Waals surface area (Å²) < 4.78 is 8.11. The molecule has 4 nitrogen and oxygen atoms in total. The van der Waals surface area contributed by atoms with Gasteiger partial charge in [-0.3, -0.25) is 4.68 Å². The Morgan fingerprint density at radius 1 is 1.47 bits per heavy atom. The lowest BCUT2D eigenvalue weighted by Crippen LogP contribution is -2.46. The van der Waals surface area contributed by atoms with Crippen LogP contribution in [0, 0.1) is 0 Å².